The number of esters is 1. The fourth-order valence-corrected chi connectivity index (χ4v) is 9.37. The van der Waals surface area contributed by atoms with Crippen molar-refractivity contribution < 1.29 is 47.7 Å². The van der Waals surface area contributed by atoms with Crippen molar-refractivity contribution in [1.82, 2.24) is 15.2 Å². The number of thioether (sulfide) groups is 1. The van der Waals surface area contributed by atoms with Gasteiger partial charge in [0.1, 0.15) is 41.4 Å². The molecule has 1 aromatic carbocycles. The number of carbonyl (C=O) groups excluding carboxylic acids is 5. The van der Waals surface area contributed by atoms with Gasteiger partial charge in [0.25, 0.3) is 11.7 Å². The lowest BCUT2D eigenvalue weighted by molar-refractivity contribution is -0.203. The molecule has 3 fully saturated rings. The van der Waals surface area contributed by atoms with E-state index in [0.29, 0.717) is 10.9 Å². The fourth-order valence-electron chi connectivity index (χ4n) is 7.16. The molecular weight excluding hydrogens is 665 g/mol. The Labute approximate surface area is 285 Å². The van der Waals surface area contributed by atoms with E-state index in [1.165, 1.54) is 36.9 Å². The maximum atomic E-state index is 13.6. The van der Waals surface area contributed by atoms with Crippen molar-refractivity contribution in [2.45, 2.75) is 83.8 Å². The van der Waals surface area contributed by atoms with Crippen LogP contribution in [-0.4, -0.2) is 75.8 Å². The van der Waals surface area contributed by atoms with Gasteiger partial charge >= 0.3 is 24.3 Å². The van der Waals surface area contributed by atoms with Gasteiger partial charge in [-0.3, -0.25) is 9.69 Å². The number of thiazole rings is 1. The number of fused-ring (bicyclic) bond motifs is 4. The number of β-lactam (4-membered cyclic amide) rings is 1. The number of nitrogens with zero attached hydrogens (tertiary/aromatic N) is 2. The molecule has 6 rings (SSSR count). The number of hydrogen-bond acceptors (Lipinski definition) is 13. The third-order valence-corrected chi connectivity index (χ3v) is 12.5. The van der Waals surface area contributed by atoms with Crippen LogP contribution in [0.5, 0.6) is 0 Å². The van der Waals surface area contributed by atoms with Crippen molar-refractivity contribution in [1.29, 1.82) is 0 Å². The molecule has 1 saturated heterocycles. The highest BCUT2D eigenvalue weighted by Crippen LogP contribution is 2.66. The summed E-state index contributed by atoms with van der Waals surface area (Å²) in [6, 6.07) is 6.51. The molecule has 14 nitrogen and oxygen atoms in total. The lowest BCUT2D eigenvalue weighted by Crippen LogP contribution is -2.70. The van der Waals surface area contributed by atoms with Gasteiger partial charge in [-0.1, -0.05) is 32.9 Å². The largest absolute Gasteiger partial charge is 0.511 e. The lowest BCUT2D eigenvalue weighted by Gasteiger charge is -2.49. The molecule has 3 amide bonds. The fraction of sp³-hybridized carbons (Fsp3) is 0.562. The van der Waals surface area contributed by atoms with E-state index in [4.69, 9.17) is 29.4 Å². The zero-order valence-corrected chi connectivity index (χ0v) is 28.9. The van der Waals surface area contributed by atoms with Crippen LogP contribution in [-0.2, 0) is 39.9 Å². The maximum Gasteiger partial charge on any atom is 0.511 e. The molecule has 2 saturated carbocycles. The summed E-state index contributed by atoms with van der Waals surface area (Å²) in [5, 5.41) is 2.46. The number of carbonyl (C=O) groups is 5. The van der Waals surface area contributed by atoms with Crippen molar-refractivity contribution in [3.8, 4) is 0 Å². The molecule has 2 aromatic rings. The first-order chi connectivity index (χ1) is 22.6. The summed E-state index contributed by atoms with van der Waals surface area (Å²) in [7, 11) is 0. The molecule has 1 aromatic heterocycles. The number of ether oxygens (including phenoxy) is 5. The Balaban J connectivity index is 1.09. The van der Waals surface area contributed by atoms with E-state index in [2.05, 4.69) is 31.1 Å². The Morgan fingerprint density at radius 2 is 1.85 bits per heavy atom. The molecule has 3 N–H and O–H groups in total. The lowest BCUT2D eigenvalue weighted by atomic mass is 9.70. The van der Waals surface area contributed by atoms with Gasteiger partial charge in [0.05, 0.1) is 10.2 Å². The summed E-state index contributed by atoms with van der Waals surface area (Å²) in [5.41, 5.74) is 5.81. The van der Waals surface area contributed by atoms with E-state index < -0.39 is 47.4 Å². The van der Waals surface area contributed by atoms with E-state index in [-0.39, 0.29) is 47.2 Å². The van der Waals surface area contributed by atoms with Crippen molar-refractivity contribution in [2.75, 3.05) is 12.4 Å². The SMILES string of the molecule is CC(C)(OC(=O)OC1CC2CCC1(C)C2(C)C)OC(=O)C1=C(COC(N)=O)CS[C@@H]2[C@H](NC(=O)OCc3nc4ccccc4s3)C(=O)N12. The van der Waals surface area contributed by atoms with Crippen LogP contribution in [0.3, 0.4) is 0 Å². The molecule has 16 heteroatoms. The van der Waals surface area contributed by atoms with Gasteiger partial charge in [0, 0.05) is 30.6 Å². The minimum Gasteiger partial charge on any atom is -0.445 e. The molecule has 3 unspecified atom stereocenters. The molecule has 5 atom stereocenters. The molecule has 0 radical (unpaired) electrons. The van der Waals surface area contributed by atoms with Crippen LogP contribution in [0.2, 0.25) is 0 Å². The number of rotatable bonds is 9. The monoisotopic (exact) mass is 702 g/mol. The van der Waals surface area contributed by atoms with Gasteiger partial charge in [-0.2, -0.15) is 0 Å². The van der Waals surface area contributed by atoms with Gasteiger partial charge in [0.2, 0.25) is 0 Å². The second kappa shape index (κ2) is 12.4. The third-order valence-electron chi connectivity index (χ3n) is 10.2. The van der Waals surface area contributed by atoms with Crippen molar-refractivity contribution >= 4 is 63.5 Å². The zero-order chi connectivity index (χ0) is 34.6. The molecular formula is C32H38N4O10S2. The average Bonchev–Trinajstić information content (AvgIpc) is 3.59. The molecule has 0 spiro atoms. The van der Waals surface area contributed by atoms with Crippen LogP contribution in [0.1, 0.15) is 58.9 Å². The standard InChI is InChI=1S/C32H38N4O10S2/c1-30(2)17-10-11-32(30,5)20(12-17)44-29(41)46-31(3,4)45-26(38)23-16(13-42-27(33)39)15-47-25-22(24(37)36(23)25)35-28(40)43-14-21-34-18-8-6-7-9-19(18)48-21/h6-9,17,20,22,25H,10-15H2,1-5H3,(H2,33,39)(H,35,40)/t17?,20?,22-,25-,32?/m1/s1. The first-order valence-electron chi connectivity index (χ1n) is 15.6. The van der Waals surface area contributed by atoms with Crippen LogP contribution in [0.15, 0.2) is 35.5 Å². The minimum atomic E-state index is -1.79. The van der Waals surface area contributed by atoms with E-state index in [9.17, 15) is 24.0 Å². The van der Waals surface area contributed by atoms with Gasteiger partial charge in [-0.05, 0) is 42.7 Å². The summed E-state index contributed by atoms with van der Waals surface area (Å²) in [6.07, 6.45) is -0.464. The zero-order valence-electron chi connectivity index (χ0n) is 27.2. The van der Waals surface area contributed by atoms with Gasteiger partial charge in [0.15, 0.2) is 0 Å². The molecule has 4 aliphatic rings. The van der Waals surface area contributed by atoms with E-state index >= 15 is 0 Å². The number of hydrogen-bond donors (Lipinski definition) is 2. The predicted molar refractivity (Wildman–Crippen MR) is 173 cm³/mol. The van der Waals surface area contributed by atoms with E-state index in [1.54, 1.807) is 0 Å². The summed E-state index contributed by atoms with van der Waals surface area (Å²) >= 11 is 2.63. The van der Waals surface area contributed by atoms with Crippen LogP contribution in [0.4, 0.5) is 14.4 Å². The average molecular weight is 703 g/mol. The topological polar surface area (TPSA) is 186 Å². The minimum absolute atomic E-state index is 0.00887. The second-order valence-corrected chi connectivity index (χ2v) is 15.8. The highest BCUT2D eigenvalue weighted by molar-refractivity contribution is 8.00. The Morgan fingerprint density at radius 1 is 1.10 bits per heavy atom. The van der Waals surface area contributed by atoms with Crippen molar-refractivity contribution in [2.24, 2.45) is 22.5 Å². The highest BCUT2D eigenvalue weighted by atomic mass is 32.2. The number of aromatic nitrogens is 1. The molecule has 258 valence electrons. The second-order valence-electron chi connectivity index (χ2n) is 13.6. The van der Waals surface area contributed by atoms with Crippen molar-refractivity contribution in [3.63, 3.8) is 0 Å². The first-order valence-corrected chi connectivity index (χ1v) is 17.5. The van der Waals surface area contributed by atoms with Crippen LogP contribution in [0, 0.1) is 16.7 Å². The predicted octanol–water partition coefficient (Wildman–Crippen LogP) is 4.80. The Kier molecular flexibility index (Phi) is 8.77. The van der Waals surface area contributed by atoms with Gasteiger partial charge in [-0.15, -0.1) is 23.1 Å². The number of benzene rings is 1. The first kappa shape index (κ1) is 33.8. The van der Waals surface area contributed by atoms with Crippen LogP contribution < -0.4 is 11.1 Å². The smallest absolute Gasteiger partial charge is 0.445 e. The number of amides is 3. The quantitative estimate of drug-likeness (QED) is 0.158. The molecule has 2 aliphatic heterocycles. The summed E-state index contributed by atoms with van der Waals surface area (Å²) in [4.78, 5) is 69.5. The molecule has 3 heterocycles. The van der Waals surface area contributed by atoms with Crippen molar-refractivity contribution in [3.05, 3.63) is 40.5 Å². The number of alkyl carbamates (subject to hydrolysis) is 1. The third kappa shape index (κ3) is 6.15. The Bertz CT molecular complexity index is 1670. The Morgan fingerprint density at radius 3 is 2.52 bits per heavy atom. The highest BCUT2D eigenvalue weighted by Gasteiger charge is 2.63. The van der Waals surface area contributed by atoms with Gasteiger partial charge in [-0.25, -0.2) is 24.2 Å². The van der Waals surface area contributed by atoms with Crippen LogP contribution >= 0.6 is 23.1 Å². The summed E-state index contributed by atoms with van der Waals surface area (Å²) in [6.45, 7) is 8.78. The number of nitrogens with two attached hydrogens (primary N) is 1. The van der Waals surface area contributed by atoms with E-state index in [0.717, 1.165) is 34.4 Å². The Hall–Kier alpha value is -4.05. The van der Waals surface area contributed by atoms with E-state index in [1.807, 2.05) is 24.3 Å². The van der Waals surface area contributed by atoms with Gasteiger partial charge < -0.3 is 34.7 Å². The molecule has 48 heavy (non-hydrogen) atoms. The molecule has 2 bridgehead atoms. The number of primary amides is 1. The summed E-state index contributed by atoms with van der Waals surface area (Å²) in [5.74, 6) is -2.83. The number of nitrogens with one attached hydrogen (secondary N) is 1. The van der Waals surface area contributed by atoms with Crippen LogP contribution in [0.25, 0.3) is 10.2 Å². The molecule has 2 aliphatic carbocycles. The summed E-state index contributed by atoms with van der Waals surface area (Å²) < 4.78 is 28.0. The number of para-hydroxylation sites is 1. The maximum absolute atomic E-state index is 13.6. The normalized spacial score (nSPS) is 27.2.